The molecule has 2 aromatic carbocycles. The maximum Gasteiger partial charge on any atom is 0.200 e. The Kier molecular flexibility index (Phi) is 5.22. The molecule has 3 aromatic rings. The average molecular weight is 416 g/mol. The van der Waals surface area contributed by atoms with Crippen LogP contribution in [-0.4, -0.2) is 61.7 Å². The number of phenols is 2. The molecule has 5 atom stereocenters. The van der Waals surface area contributed by atoms with Crippen molar-refractivity contribution >= 4 is 11.0 Å². The van der Waals surface area contributed by atoms with Gasteiger partial charge in [0.15, 0.2) is 0 Å². The predicted molar refractivity (Wildman–Crippen MR) is 104 cm³/mol. The molecule has 4 rings (SSSR count). The van der Waals surface area contributed by atoms with Gasteiger partial charge in [-0.05, 0) is 29.8 Å². The molecule has 30 heavy (non-hydrogen) atoms. The number of aromatic hydroxyl groups is 2. The topological polar surface area (TPSA) is 161 Å². The van der Waals surface area contributed by atoms with Crippen molar-refractivity contribution in [1.82, 2.24) is 0 Å². The van der Waals surface area contributed by atoms with Gasteiger partial charge in [-0.3, -0.25) is 4.79 Å². The first-order chi connectivity index (χ1) is 14.3. The molecule has 1 fully saturated rings. The van der Waals surface area contributed by atoms with E-state index in [2.05, 4.69) is 0 Å². The van der Waals surface area contributed by atoms with Crippen molar-refractivity contribution in [1.29, 1.82) is 0 Å². The third kappa shape index (κ3) is 3.22. The van der Waals surface area contributed by atoms with Gasteiger partial charge in [-0.25, -0.2) is 0 Å². The van der Waals surface area contributed by atoms with E-state index in [0.717, 1.165) is 0 Å². The van der Waals surface area contributed by atoms with Crippen LogP contribution in [0.2, 0.25) is 0 Å². The molecule has 6 N–H and O–H groups in total. The maximum absolute atomic E-state index is 13.0. The molecule has 158 valence electrons. The summed E-state index contributed by atoms with van der Waals surface area (Å²) in [7, 11) is 0. The van der Waals surface area contributed by atoms with Gasteiger partial charge in [-0.1, -0.05) is 12.1 Å². The molecule has 9 heteroatoms. The Bertz CT molecular complexity index is 1120. The number of rotatable bonds is 3. The van der Waals surface area contributed by atoms with Crippen LogP contribution >= 0.6 is 0 Å². The van der Waals surface area contributed by atoms with Crippen molar-refractivity contribution in [3.8, 4) is 22.6 Å². The van der Waals surface area contributed by atoms with Crippen LogP contribution < -0.4 is 5.43 Å². The van der Waals surface area contributed by atoms with Crippen molar-refractivity contribution in [2.24, 2.45) is 0 Å². The zero-order chi connectivity index (χ0) is 21.6. The Balaban J connectivity index is 1.87. The van der Waals surface area contributed by atoms with Gasteiger partial charge >= 0.3 is 0 Å². The van der Waals surface area contributed by atoms with Crippen molar-refractivity contribution in [3.63, 3.8) is 0 Å². The lowest BCUT2D eigenvalue weighted by molar-refractivity contribution is -0.231. The SMILES string of the molecule is O=c1c(-c2ccc(O)cc2)coc2c(C3OC(CO)[C@H](O)C(O)[C@H]3O)c(O)ccc12. The van der Waals surface area contributed by atoms with Crippen molar-refractivity contribution in [3.05, 3.63) is 58.4 Å². The first kappa shape index (κ1) is 20.3. The third-order valence-electron chi connectivity index (χ3n) is 5.31. The molecule has 0 saturated carbocycles. The van der Waals surface area contributed by atoms with Crippen LogP contribution in [0.3, 0.4) is 0 Å². The van der Waals surface area contributed by atoms with Gasteiger partial charge in [-0.2, -0.15) is 0 Å². The zero-order valence-corrected chi connectivity index (χ0v) is 15.5. The van der Waals surface area contributed by atoms with E-state index in [1.54, 1.807) is 12.1 Å². The number of hydrogen-bond donors (Lipinski definition) is 6. The number of aliphatic hydroxyl groups is 4. The number of phenolic OH excluding ortho intramolecular Hbond substituents is 2. The minimum absolute atomic E-state index is 0.0405. The van der Waals surface area contributed by atoms with Gasteiger partial charge in [0.1, 0.15) is 53.9 Å². The molecule has 1 aliphatic heterocycles. The summed E-state index contributed by atoms with van der Waals surface area (Å²) in [6.07, 6.45) is -6.24. The standard InChI is InChI=1S/C21H20O9/c22-7-14-17(26)18(27)19(28)21(30-14)15-13(24)6-5-11-16(25)12(8-29-20(11)15)9-1-3-10(23)4-2-9/h1-6,8,14,17-19,21-24,26-28H,7H2/t14?,17-,18?,19+,21?/m0/s1. The largest absolute Gasteiger partial charge is 0.508 e. The summed E-state index contributed by atoms with van der Waals surface area (Å²) in [5.74, 6) is -0.314. The van der Waals surface area contributed by atoms with Gasteiger partial charge in [-0.15, -0.1) is 0 Å². The molecular weight excluding hydrogens is 396 g/mol. The Morgan fingerprint density at radius 1 is 0.900 bits per heavy atom. The summed E-state index contributed by atoms with van der Waals surface area (Å²) in [5, 5.41) is 59.8. The summed E-state index contributed by atoms with van der Waals surface area (Å²) >= 11 is 0. The second kappa shape index (κ2) is 7.71. The highest BCUT2D eigenvalue weighted by atomic mass is 16.5. The second-order valence-corrected chi connectivity index (χ2v) is 7.15. The van der Waals surface area contributed by atoms with Crippen LogP contribution in [0.15, 0.2) is 51.9 Å². The lowest BCUT2D eigenvalue weighted by atomic mass is 9.89. The summed E-state index contributed by atoms with van der Waals surface area (Å²) in [6.45, 7) is -0.637. The van der Waals surface area contributed by atoms with E-state index in [1.807, 2.05) is 0 Å². The van der Waals surface area contributed by atoms with Gasteiger partial charge < -0.3 is 39.8 Å². The van der Waals surface area contributed by atoms with Crippen molar-refractivity contribution in [2.45, 2.75) is 30.5 Å². The Labute approximate surface area is 169 Å². The number of fused-ring (bicyclic) bond motifs is 1. The monoisotopic (exact) mass is 416 g/mol. The summed E-state index contributed by atoms with van der Waals surface area (Å²) in [5.41, 5.74) is 0.150. The smallest absolute Gasteiger partial charge is 0.200 e. The highest BCUT2D eigenvalue weighted by molar-refractivity contribution is 5.86. The zero-order valence-electron chi connectivity index (χ0n) is 15.5. The van der Waals surface area contributed by atoms with E-state index in [-0.39, 0.29) is 33.6 Å². The molecule has 0 aliphatic carbocycles. The van der Waals surface area contributed by atoms with E-state index < -0.39 is 42.6 Å². The predicted octanol–water partition coefficient (Wildman–Crippen LogP) is 0.386. The van der Waals surface area contributed by atoms with Crippen LogP contribution in [0.4, 0.5) is 0 Å². The van der Waals surface area contributed by atoms with Crippen LogP contribution in [-0.2, 0) is 4.74 Å². The molecule has 0 amide bonds. The fourth-order valence-corrected chi connectivity index (χ4v) is 3.67. The molecule has 0 spiro atoms. The molecular formula is C21H20O9. The molecule has 2 heterocycles. The number of aliphatic hydroxyl groups excluding tert-OH is 4. The Hall–Kier alpha value is -2.95. The Morgan fingerprint density at radius 2 is 1.60 bits per heavy atom. The maximum atomic E-state index is 13.0. The van der Waals surface area contributed by atoms with E-state index in [1.165, 1.54) is 30.5 Å². The van der Waals surface area contributed by atoms with E-state index in [9.17, 15) is 35.4 Å². The first-order valence-electron chi connectivity index (χ1n) is 9.20. The summed E-state index contributed by atoms with van der Waals surface area (Å²) < 4.78 is 11.1. The van der Waals surface area contributed by atoms with E-state index in [4.69, 9.17) is 9.15 Å². The molecule has 0 radical (unpaired) electrons. The Morgan fingerprint density at radius 3 is 2.27 bits per heavy atom. The molecule has 1 saturated heterocycles. The molecule has 1 aliphatic rings. The van der Waals surface area contributed by atoms with Crippen LogP contribution in [0.25, 0.3) is 22.1 Å². The number of hydrogen-bond acceptors (Lipinski definition) is 9. The normalized spacial score (nSPS) is 26.7. The van der Waals surface area contributed by atoms with Crippen LogP contribution in [0, 0.1) is 0 Å². The molecule has 3 unspecified atom stereocenters. The van der Waals surface area contributed by atoms with Crippen molar-refractivity contribution < 1.29 is 39.8 Å². The minimum Gasteiger partial charge on any atom is -0.508 e. The van der Waals surface area contributed by atoms with E-state index >= 15 is 0 Å². The fraction of sp³-hybridized carbons (Fsp3) is 0.286. The number of ether oxygens (including phenoxy) is 1. The highest BCUT2D eigenvalue weighted by Gasteiger charge is 2.45. The summed E-state index contributed by atoms with van der Waals surface area (Å²) in [6, 6.07) is 8.54. The molecule has 0 bridgehead atoms. The van der Waals surface area contributed by atoms with Crippen molar-refractivity contribution in [2.75, 3.05) is 6.61 Å². The minimum atomic E-state index is -1.65. The molecule has 9 nitrogen and oxygen atoms in total. The highest BCUT2D eigenvalue weighted by Crippen LogP contribution is 2.40. The average Bonchev–Trinajstić information content (AvgIpc) is 2.74. The third-order valence-corrected chi connectivity index (χ3v) is 5.31. The lowest BCUT2D eigenvalue weighted by Crippen LogP contribution is -2.55. The van der Waals surface area contributed by atoms with Gasteiger partial charge in [0, 0.05) is 0 Å². The van der Waals surface area contributed by atoms with Gasteiger partial charge in [0.25, 0.3) is 0 Å². The van der Waals surface area contributed by atoms with Gasteiger partial charge in [0.2, 0.25) is 5.43 Å². The lowest BCUT2D eigenvalue weighted by Gasteiger charge is -2.40. The second-order valence-electron chi connectivity index (χ2n) is 7.15. The van der Waals surface area contributed by atoms with Gasteiger partial charge in [0.05, 0.1) is 23.1 Å². The first-order valence-corrected chi connectivity index (χ1v) is 9.20. The number of benzene rings is 2. The quantitative estimate of drug-likeness (QED) is 0.355. The molecule has 1 aromatic heterocycles. The van der Waals surface area contributed by atoms with E-state index in [0.29, 0.717) is 5.56 Å². The fourth-order valence-electron chi connectivity index (χ4n) is 3.67. The van der Waals surface area contributed by atoms with Crippen LogP contribution in [0.5, 0.6) is 11.5 Å². The van der Waals surface area contributed by atoms with Crippen LogP contribution in [0.1, 0.15) is 11.7 Å². The summed E-state index contributed by atoms with van der Waals surface area (Å²) in [4.78, 5) is 13.0.